The van der Waals surface area contributed by atoms with E-state index < -0.39 is 0 Å². The number of benzene rings is 8. The minimum absolute atomic E-state index is 0.601. The van der Waals surface area contributed by atoms with E-state index in [1.54, 1.807) is 0 Å². The number of fused-ring (bicyclic) bond motifs is 9. The molecule has 0 aliphatic rings. The molecule has 0 atom stereocenters. The van der Waals surface area contributed by atoms with Crippen molar-refractivity contribution in [1.29, 1.82) is 0 Å². The fourth-order valence-electron chi connectivity index (χ4n) is 8.32. The molecule has 0 saturated carbocycles. The van der Waals surface area contributed by atoms with E-state index in [4.69, 9.17) is 19.4 Å². The molecule has 0 unspecified atom stereocenters. The monoisotopic (exact) mass is 746 g/mol. The van der Waals surface area contributed by atoms with E-state index in [1.807, 2.05) is 78.1 Å². The van der Waals surface area contributed by atoms with Crippen LogP contribution >= 0.6 is 11.3 Å². The zero-order valence-corrected chi connectivity index (χ0v) is 31.2. The van der Waals surface area contributed by atoms with Crippen molar-refractivity contribution in [1.82, 2.24) is 19.5 Å². The van der Waals surface area contributed by atoms with Crippen molar-refractivity contribution in [2.75, 3.05) is 0 Å². The van der Waals surface area contributed by atoms with Crippen molar-refractivity contribution >= 4 is 75.3 Å². The first-order valence-corrected chi connectivity index (χ1v) is 19.8. The fraction of sp³-hybridized carbons (Fsp3) is 0. The third kappa shape index (κ3) is 5.19. The SMILES string of the molecule is c1ccc(-c2nc(-c3ccccc3)nc(-c3ccc4c(c3)oc3cc(-c5ccc6c(c5)sc5ccc(-n7c8ccccc8c8ccccc87)cc56)ccc34)n2)cc1. The van der Waals surface area contributed by atoms with Crippen LogP contribution in [-0.4, -0.2) is 19.5 Å². The second kappa shape index (κ2) is 12.6. The molecule has 4 aromatic heterocycles. The number of nitrogens with zero attached hydrogens (tertiary/aromatic N) is 4. The zero-order chi connectivity index (χ0) is 37.5. The minimum atomic E-state index is 0.601. The van der Waals surface area contributed by atoms with Gasteiger partial charge in [0.15, 0.2) is 17.5 Å². The standard InChI is InChI=1S/C51H30N4OS/c1-3-11-31(12-4-1)49-52-50(32-13-5-2-6-14-32)54-51(53-49)35-21-24-40-39-23-19-33(27-45(39)56-46(40)28-35)34-20-25-41-42-30-36(22-26-47(42)57-48(41)29-34)55-43-17-9-7-15-37(43)38-16-8-10-18-44(38)55/h1-30H. The third-order valence-corrected chi connectivity index (χ3v) is 12.2. The third-order valence-electron chi connectivity index (χ3n) is 11.1. The summed E-state index contributed by atoms with van der Waals surface area (Å²) in [6.45, 7) is 0. The summed E-state index contributed by atoms with van der Waals surface area (Å²) in [5.74, 6) is 1.87. The maximum atomic E-state index is 6.58. The summed E-state index contributed by atoms with van der Waals surface area (Å²) >= 11 is 1.84. The molecule has 57 heavy (non-hydrogen) atoms. The summed E-state index contributed by atoms with van der Waals surface area (Å²) in [7, 11) is 0. The summed E-state index contributed by atoms with van der Waals surface area (Å²) in [5, 5.41) is 7.21. The molecule has 8 aromatic carbocycles. The van der Waals surface area contributed by atoms with Crippen molar-refractivity contribution in [2.45, 2.75) is 0 Å². The van der Waals surface area contributed by atoms with Crippen LogP contribution < -0.4 is 0 Å². The van der Waals surface area contributed by atoms with Crippen LogP contribution in [-0.2, 0) is 0 Å². The molecule has 0 radical (unpaired) electrons. The van der Waals surface area contributed by atoms with Crippen molar-refractivity contribution in [3.05, 3.63) is 182 Å². The van der Waals surface area contributed by atoms with Crippen molar-refractivity contribution < 1.29 is 4.42 Å². The first kappa shape index (κ1) is 31.9. The Hall–Kier alpha value is -7.41. The van der Waals surface area contributed by atoms with Gasteiger partial charge in [0.25, 0.3) is 0 Å². The number of hydrogen-bond donors (Lipinski definition) is 0. The van der Waals surface area contributed by atoms with Crippen molar-refractivity contribution in [2.24, 2.45) is 0 Å². The highest BCUT2D eigenvalue weighted by Gasteiger charge is 2.17. The normalized spacial score (nSPS) is 11.9. The van der Waals surface area contributed by atoms with E-state index in [0.29, 0.717) is 17.5 Å². The average molecular weight is 747 g/mol. The molecule has 12 rings (SSSR count). The second-order valence-corrected chi connectivity index (χ2v) is 15.5. The summed E-state index contributed by atoms with van der Waals surface area (Å²) in [5.41, 5.74) is 10.3. The molecule has 6 heteroatoms. The Kier molecular flexibility index (Phi) is 7.03. The summed E-state index contributed by atoms with van der Waals surface area (Å²) in [6, 6.07) is 63.9. The van der Waals surface area contributed by atoms with E-state index in [2.05, 4.69) is 120 Å². The molecule has 0 aliphatic heterocycles. The maximum Gasteiger partial charge on any atom is 0.164 e. The van der Waals surface area contributed by atoms with Crippen LogP contribution in [0.25, 0.3) is 115 Å². The van der Waals surface area contributed by atoms with E-state index >= 15 is 0 Å². The van der Waals surface area contributed by atoms with Gasteiger partial charge in [-0.1, -0.05) is 121 Å². The highest BCUT2D eigenvalue weighted by atomic mass is 32.1. The molecule has 0 aliphatic carbocycles. The van der Waals surface area contributed by atoms with Crippen LogP contribution in [0.1, 0.15) is 0 Å². The Morgan fingerprint density at radius 2 is 0.860 bits per heavy atom. The van der Waals surface area contributed by atoms with Gasteiger partial charge in [0, 0.05) is 64.1 Å². The lowest BCUT2D eigenvalue weighted by Gasteiger charge is -2.08. The van der Waals surface area contributed by atoms with Gasteiger partial charge in [-0.15, -0.1) is 11.3 Å². The first-order chi connectivity index (χ1) is 28.2. The Morgan fingerprint density at radius 1 is 0.351 bits per heavy atom. The Morgan fingerprint density at radius 3 is 1.49 bits per heavy atom. The van der Waals surface area contributed by atoms with Crippen molar-refractivity contribution in [3.8, 4) is 51.0 Å². The lowest BCUT2D eigenvalue weighted by molar-refractivity contribution is 0.669. The molecule has 5 nitrogen and oxygen atoms in total. The van der Waals surface area contributed by atoms with Crippen LogP contribution in [0.3, 0.4) is 0 Å². The molecule has 0 N–H and O–H groups in total. The van der Waals surface area contributed by atoms with Gasteiger partial charge >= 0.3 is 0 Å². The molecule has 4 heterocycles. The number of para-hydroxylation sites is 2. The van der Waals surface area contributed by atoms with Gasteiger partial charge in [-0.3, -0.25) is 0 Å². The number of aromatic nitrogens is 4. The Bertz CT molecular complexity index is 3420. The molecule has 12 aromatic rings. The minimum Gasteiger partial charge on any atom is -0.456 e. The molecule has 0 saturated heterocycles. The summed E-state index contributed by atoms with van der Waals surface area (Å²) in [6.07, 6.45) is 0. The molecule has 0 fully saturated rings. The Labute approximate surface area is 330 Å². The molecule has 266 valence electrons. The highest BCUT2D eigenvalue weighted by molar-refractivity contribution is 7.25. The van der Waals surface area contributed by atoms with Gasteiger partial charge in [0.1, 0.15) is 11.2 Å². The van der Waals surface area contributed by atoms with E-state index in [0.717, 1.165) is 49.8 Å². The van der Waals surface area contributed by atoms with Gasteiger partial charge in [0.2, 0.25) is 0 Å². The lowest BCUT2D eigenvalue weighted by Crippen LogP contribution is -2.00. The van der Waals surface area contributed by atoms with Crippen molar-refractivity contribution in [3.63, 3.8) is 0 Å². The van der Waals surface area contributed by atoms with Gasteiger partial charge in [0.05, 0.1) is 11.0 Å². The first-order valence-electron chi connectivity index (χ1n) is 19.0. The van der Waals surface area contributed by atoms with E-state index in [9.17, 15) is 0 Å². The molecule has 0 amide bonds. The second-order valence-electron chi connectivity index (χ2n) is 14.4. The van der Waals surface area contributed by atoms with Crippen LogP contribution in [0, 0.1) is 0 Å². The quantitative estimate of drug-likeness (QED) is 0.176. The number of rotatable bonds is 5. The van der Waals surface area contributed by atoms with Crippen LogP contribution in [0.15, 0.2) is 186 Å². The maximum absolute atomic E-state index is 6.58. The van der Waals surface area contributed by atoms with Gasteiger partial charge in [-0.25, -0.2) is 15.0 Å². The Balaban J connectivity index is 0.919. The largest absolute Gasteiger partial charge is 0.456 e. The van der Waals surface area contributed by atoms with E-state index in [-0.39, 0.29) is 0 Å². The smallest absolute Gasteiger partial charge is 0.164 e. The van der Waals surface area contributed by atoms with Crippen LogP contribution in [0.5, 0.6) is 0 Å². The predicted molar refractivity (Wildman–Crippen MR) is 236 cm³/mol. The highest BCUT2D eigenvalue weighted by Crippen LogP contribution is 2.41. The number of hydrogen-bond acceptors (Lipinski definition) is 5. The van der Waals surface area contributed by atoms with Crippen LogP contribution in [0.4, 0.5) is 0 Å². The zero-order valence-electron chi connectivity index (χ0n) is 30.4. The topological polar surface area (TPSA) is 56.7 Å². The molecular weight excluding hydrogens is 717 g/mol. The van der Waals surface area contributed by atoms with Gasteiger partial charge in [-0.2, -0.15) is 0 Å². The summed E-state index contributed by atoms with van der Waals surface area (Å²) in [4.78, 5) is 14.7. The predicted octanol–water partition coefficient (Wildman–Crippen LogP) is 13.9. The fourth-order valence-corrected chi connectivity index (χ4v) is 9.44. The molecule has 0 bridgehead atoms. The summed E-state index contributed by atoms with van der Waals surface area (Å²) < 4.78 is 11.5. The number of furan rings is 1. The lowest BCUT2D eigenvalue weighted by atomic mass is 10.0. The molecule has 0 spiro atoms. The van der Waals surface area contributed by atoms with E-state index in [1.165, 1.54) is 47.7 Å². The van der Waals surface area contributed by atoms with Gasteiger partial charge in [-0.05, 0) is 71.8 Å². The average Bonchev–Trinajstić information content (AvgIpc) is 3.95. The van der Waals surface area contributed by atoms with Crippen LogP contribution in [0.2, 0.25) is 0 Å². The molecular formula is C51H30N4OS. The number of thiophene rings is 1. The van der Waals surface area contributed by atoms with Gasteiger partial charge < -0.3 is 8.98 Å².